The summed E-state index contributed by atoms with van der Waals surface area (Å²) in [5.41, 5.74) is 6.94. The van der Waals surface area contributed by atoms with Gasteiger partial charge in [0.15, 0.2) is 0 Å². The van der Waals surface area contributed by atoms with Crippen LogP contribution >= 0.6 is 23.2 Å². The molecule has 7 rings (SSSR count). The molecule has 0 amide bonds. The summed E-state index contributed by atoms with van der Waals surface area (Å²) in [6.07, 6.45) is 7.99. The lowest BCUT2D eigenvalue weighted by Gasteiger charge is -2.42. The Morgan fingerprint density at radius 2 is 1.66 bits per heavy atom. The smallest absolute Gasteiger partial charge is 0.145 e. The van der Waals surface area contributed by atoms with E-state index in [2.05, 4.69) is 52.2 Å². The summed E-state index contributed by atoms with van der Waals surface area (Å²) in [5.74, 6) is 7.81. The van der Waals surface area contributed by atoms with Gasteiger partial charge >= 0.3 is 0 Å². The van der Waals surface area contributed by atoms with Crippen molar-refractivity contribution in [3.8, 4) is 51.5 Å². The van der Waals surface area contributed by atoms with Crippen molar-refractivity contribution in [1.29, 1.82) is 0 Å². The maximum absolute atomic E-state index is 6.84. The Bertz CT molecular complexity index is 2050. The van der Waals surface area contributed by atoms with Crippen molar-refractivity contribution in [2.75, 3.05) is 64.8 Å². The van der Waals surface area contributed by atoms with Crippen LogP contribution in [-0.2, 0) is 0 Å². The van der Waals surface area contributed by atoms with Gasteiger partial charge in [-0.2, -0.15) is 0 Å². The van der Waals surface area contributed by atoms with Crippen LogP contribution in [0.3, 0.4) is 0 Å². The van der Waals surface area contributed by atoms with Crippen LogP contribution in [-0.4, -0.2) is 79.4 Å². The summed E-state index contributed by atoms with van der Waals surface area (Å²) < 4.78 is 19.1. The SMILES string of the molecule is CC#CCNc1cc(-c2cc3c(cn2)cc(-c2c(Cl)c(OC)cc(OC)c2Cl)c2nccn23)c(OC)cc1N1CCN(C)C2(CC2)C1. The molecule has 1 aliphatic carbocycles. The van der Waals surface area contributed by atoms with Gasteiger partial charge in [-0.3, -0.25) is 14.3 Å². The van der Waals surface area contributed by atoms with E-state index in [-0.39, 0.29) is 5.54 Å². The molecule has 5 aromatic rings. The monoisotopic (exact) mass is 670 g/mol. The third kappa shape index (κ3) is 5.35. The fourth-order valence-corrected chi connectivity index (χ4v) is 7.37. The van der Waals surface area contributed by atoms with E-state index in [0.717, 1.165) is 64.5 Å². The maximum Gasteiger partial charge on any atom is 0.145 e. The number of piperazine rings is 1. The summed E-state index contributed by atoms with van der Waals surface area (Å²) >= 11 is 13.7. The lowest BCUT2D eigenvalue weighted by Crippen LogP contribution is -2.53. The van der Waals surface area contributed by atoms with Crippen LogP contribution in [0.25, 0.3) is 38.9 Å². The van der Waals surface area contributed by atoms with Crippen LogP contribution in [0.5, 0.6) is 17.2 Å². The first-order valence-electron chi connectivity index (χ1n) is 15.5. The van der Waals surface area contributed by atoms with Gasteiger partial charge < -0.3 is 24.4 Å². The number of ether oxygens (including phenoxy) is 3. The zero-order valence-corrected chi connectivity index (χ0v) is 28.6. The molecule has 2 aliphatic rings. The summed E-state index contributed by atoms with van der Waals surface area (Å²) in [5, 5.41) is 5.20. The third-order valence-electron chi connectivity index (χ3n) is 9.50. The molecule has 1 aliphatic heterocycles. The predicted molar refractivity (Wildman–Crippen MR) is 190 cm³/mol. The highest BCUT2D eigenvalue weighted by Crippen LogP contribution is 2.49. The lowest BCUT2D eigenvalue weighted by atomic mass is 10.0. The van der Waals surface area contributed by atoms with Gasteiger partial charge in [0.05, 0.1) is 60.5 Å². The van der Waals surface area contributed by atoms with Crippen LogP contribution in [0, 0.1) is 11.8 Å². The van der Waals surface area contributed by atoms with Crippen LogP contribution in [0.1, 0.15) is 19.8 Å². The second-order valence-electron chi connectivity index (χ2n) is 12.0. The first kappa shape index (κ1) is 31.3. The number of halogens is 2. The van der Waals surface area contributed by atoms with E-state index >= 15 is 0 Å². The Balaban J connectivity index is 1.36. The average molecular weight is 672 g/mol. The van der Waals surface area contributed by atoms with Crippen molar-refractivity contribution >= 4 is 51.1 Å². The highest BCUT2D eigenvalue weighted by atomic mass is 35.5. The molecular weight excluding hydrogens is 635 g/mol. The number of pyridine rings is 2. The Morgan fingerprint density at radius 3 is 2.34 bits per heavy atom. The number of benzene rings is 2. The van der Waals surface area contributed by atoms with Crippen molar-refractivity contribution in [1.82, 2.24) is 19.3 Å². The van der Waals surface area contributed by atoms with Gasteiger partial charge in [-0.05, 0) is 45.0 Å². The van der Waals surface area contributed by atoms with Crippen LogP contribution < -0.4 is 24.4 Å². The zero-order valence-electron chi connectivity index (χ0n) is 27.1. The molecule has 0 atom stereocenters. The topological polar surface area (TPSA) is 76.4 Å². The summed E-state index contributed by atoms with van der Waals surface area (Å²) in [6, 6.07) is 10.0. The highest BCUT2D eigenvalue weighted by molar-refractivity contribution is 6.41. The van der Waals surface area contributed by atoms with Gasteiger partial charge in [-0.15, -0.1) is 5.92 Å². The molecule has 1 saturated heterocycles. The van der Waals surface area contributed by atoms with Gasteiger partial charge in [0.25, 0.3) is 0 Å². The van der Waals surface area contributed by atoms with E-state index in [1.807, 2.05) is 29.8 Å². The van der Waals surface area contributed by atoms with E-state index in [1.165, 1.54) is 12.8 Å². The number of nitrogens with zero attached hydrogens (tertiary/aromatic N) is 5. The molecule has 1 saturated carbocycles. The predicted octanol–water partition coefficient (Wildman–Crippen LogP) is 7.27. The van der Waals surface area contributed by atoms with Crippen molar-refractivity contribution < 1.29 is 14.2 Å². The Kier molecular flexibility index (Phi) is 8.21. The van der Waals surface area contributed by atoms with Crippen LogP contribution in [0.15, 0.2) is 48.9 Å². The fourth-order valence-electron chi connectivity index (χ4n) is 6.67. The van der Waals surface area contributed by atoms with E-state index < -0.39 is 0 Å². The highest BCUT2D eigenvalue weighted by Gasteiger charge is 2.49. The van der Waals surface area contributed by atoms with E-state index in [4.69, 9.17) is 47.4 Å². The largest absolute Gasteiger partial charge is 0.496 e. The molecule has 242 valence electrons. The number of imidazole rings is 1. The first-order valence-corrected chi connectivity index (χ1v) is 16.3. The molecular formula is C36H36Cl2N6O3. The van der Waals surface area contributed by atoms with Crippen LogP contribution in [0.4, 0.5) is 11.4 Å². The normalized spacial score (nSPS) is 15.5. The molecule has 0 unspecified atom stereocenters. The van der Waals surface area contributed by atoms with E-state index in [1.54, 1.807) is 33.6 Å². The number of likely N-dealkylation sites (N-methyl/N-ethyl adjacent to an activating group) is 1. The second-order valence-corrected chi connectivity index (χ2v) is 12.8. The number of fused-ring (bicyclic) bond motifs is 3. The van der Waals surface area contributed by atoms with E-state index in [0.29, 0.717) is 39.3 Å². The quantitative estimate of drug-likeness (QED) is 0.173. The van der Waals surface area contributed by atoms with Crippen molar-refractivity contribution in [2.45, 2.75) is 25.3 Å². The minimum atomic E-state index is 0.268. The lowest BCUT2D eigenvalue weighted by molar-refractivity contribution is 0.199. The Labute approximate surface area is 284 Å². The van der Waals surface area contributed by atoms with Crippen molar-refractivity contribution in [3.63, 3.8) is 0 Å². The molecule has 11 heteroatoms. The Hall–Kier alpha value is -4.36. The number of rotatable bonds is 8. The van der Waals surface area contributed by atoms with Gasteiger partial charge in [0, 0.05) is 78.0 Å². The number of hydrogen-bond donors (Lipinski definition) is 1. The summed E-state index contributed by atoms with van der Waals surface area (Å²) in [6.45, 7) is 5.34. The zero-order chi connectivity index (χ0) is 32.9. The number of aromatic nitrogens is 3. The van der Waals surface area contributed by atoms with Crippen molar-refractivity contribution in [2.24, 2.45) is 0 Å². The molecule has 1 spiro atoms. The number of anilines is 2. The van der Waals surface area contributed by atoms with Crippen molar-refractivity contribution in [3.05, 3.63) is 59.0 Å². The second kappa shape index (κ2) is 12.3. The summed E-state index contributed by atoms with van der Waals surface area (Å²) in [7, 11) is 7.07. The number of methoxy groups -OCH3 is 3. The average Bonchev–Trinajstić information content (AvgIpc) is 3.68. The fraction of sp³-hybridized carbons (Fsp3) is 0.333. The molecule has 9 nitrogen and oxygen atoms in total. The minimum absolute atomic E-state index is 0.268. The molecule has 47 heavy (non-hydrogen) atoms. The standard InChI is InChI=1S/C36H36Cl2N6O3/c1-6-7-10-39-26-16-23(29(45-3)18-28(26)43-14-13-42(2)36(21-43)8-9-36)25-17-27-22(20-41-25)15-24(35-40-11-12-44(27)35)32-33(37)30(46-4)19-31(47-5)34(32)38/h11-12,15-20,39H,8-10,13-14,21H2,1-5H3. The minimum Gasteiger partial charge on any atom is -0.496 e. The van der Waals surface area contributed by atoms with E-state index in [9.17, 15) is 0 Å². The summed E-state index contributed by atoms with van der Waals surface area (Å²) in [4.78, 5) is 14.6. The molecule has 2 fully saturated rings. The van der Waals surface area contributed by atoms with Crippen LogP contribution in [0.2, 0.25) is 10.0 Å². The molecule has 4 heterocycles. The molecule has 2 aromatic carbocycles. The number of hydrogen-bond acceptors (Lipinski definition) is 8. The maximum atomic E-state index is 6.84. The van der Waals surface area contributed by atoms with Gasteiger partial charge in [0.2, 0.25) is 0 Å². The van der Waals surface area contributed by atoms with Gasteiger partial charge in [-0.1, -0.05) is 29.1 Å². The Morgan fingerprint density at radius 1 is 0.915 bits per heavy atom. The molecule has 3 aromatic heterocycles. The number of nitrogens with one attached hydrogen (secondary N) is 1. The molecule has 0 radical (unpaired) electrons. The molecule has 0 bridgehead atoms. The third-order valence-corrected chi connectivity index (χ3v) is 10.3. The van der Waals surface area contributed by atoms with Gasteiger partial charge in [-0.25, -0.2) is 4.98 Å². The van der Waals surface area contributed by atoms with Gasteiger partial charge in [0.1, 0.15) is 22.9 Å². The molecule has 1 N–H and O–H groups in total. The first-order chi connectivity index (χ1) is 22.8.